The average Bonchev–Trinajstić information content (AvgIpc) is 2.80. The summed E-state index contributed by atoms with van der Waals surface area (Å²) in [5, 5.41) is 0. The molecule has 6 atom stereocenters. The van der Waals surface area contributed by atoms with E-state index in [1.54, 1.807) is 31.2 Å². The van der Waals surface area contributed by atoms with Gasteiger partial charge < -0.3 is 33.2 Å². The van der Waals surface area contributed by atoms with E-state index in [-0.39, 0.29) is 13.2 Å². The second-order valence-electron chi connectivity index (χ2n) is 7.09. The van der Waals surface area contributed by atoms with Gasteiger partial charge in [0.25, 0.3) is 0 Å². The lowest BCUT2D eigenvalue weighted by molar-refractivity contribution is -0.350. The van der Waals surface area contributed by atoms with E-state index in [1.165, 1.54) is 0 Å². The Balaban J connectivity index is 1.81. The van der Waals surface area contributed by atoms with E-state index in [0.29, 0.717) is 0 Å². The zero-order valence-electron chi connectivity index (χ0n) is 17.5. The summed E-state index contributed by atoms with van der Waals surface area (Å²) >= 11 is 12.3. The Hall–Kier alpha value is -0.770. The van der Waals surface area contributed by atoms with Crippen LogP contribution in [0.3, 0.4) is 0 Å². The van der Waals surface area contributed by atoms with Gasteiger partial charge in [-0.1, -0.05) is 94.1 Å². The van der Waals surface area contributed by atoms with E-state index in [0.717, 1.165) is 5.56 Å². The van der Waals surface area contributed by atoms with Crippen LogP contribution in [0.25, 0.3) is 0 Å². The molecular weight excluding hydrogens is 720 g/mol. The maximum Gasteiger partial charge on any atom is 0.511 e. The number of fused-ring (bicyclic) bond motifs is 1. The monoisotopic (exact) mass is 736 g/mol. The van der Waals surface area contributed by atoms with Crippen molar-refractivity contribution >= 4 is 81.8 Å². The fourth-order valence-electron chi connectivity index (χ4n) is 3.24. The number of alkyl halides is 4. The van der Waals surface area contributed by atoms with Gasteiger partial charge in [-0.05, 0) is 12.5 Å². The Kier molecular flexibility index (Phi) is 10.6. The predicted molar refractivity (Wildman–Crippen MR) is 130 cm³/mol. The number of halogens is 4. The Morgan fingerprint density at radius 1 is 0.941 bits per heavy atom. The van der Waals surface area contributed by atoms with Crippen LogP contribution in [-0.4, -0.2) is 69.2 Å². The van der Waals surface area contributed by atoms with Crippen LogP contribution in [0.2, 0.25) is 0 Å². The van der Waals surface area contributed by atoms with Crippen LogP contribution in [0, 0.1) is 0 Å². The van der Waals surface area contributed by atoms with Crippen LogP contribution in [0.5, 0.6) is 0 Å². The third-order valence-electron chi connectivity index (χ3n) is 4.71. The molecular formula is C20H20Br4O10. The Morgan fingerprint density at radius 2 is 1.56 bits per heavy atom. The first-order valence-corrected chi connectivity index (χ1v) is 13.6. The smallest absolute Gasteiger partial charge is 0.454 e. The number of hydrogen-bond donors (Lipinski definition) is 0. The molecule has 0 saturated carbocycles. The lowest BCUT2D eigenvalue weighted by Crippen LogP contribution is -2.65. The number of carbonyl (C=O) groups excluding carboxylic acids is 3. The van der Waals surface area contributed by atoms with E-state index in [2.05, 4.69) is 63.7 Å². The normalized spacial score (nSPS) is 28.7. The number of rotatable bonds is 7. The molecule has 0 bridgehead atoms. The van der Waals surface area contributed by atoms with Crippen LogP contribution in [0.1, 0.15) is 12.5 Å². The van der Waals surface area contributed by atoms with Crippen molar-refractivity contribution in [2.24, 2.45) is 0 Å². The van der Waals surface area contributed by atoms with Gasteiger partial charge in [-0.15, -0.1) is 0 Å². The predicted octanol–water partition coefficient (Wildman–Crippen LogP) is 3.88. The van der Waals surface area contributed by atoms with Crippen molar-refractivity contribution in [1.82, 2.24) is 0 Å². The van der Waals surface area contributed by atoms with Crippen molar-refractivity contribution in [2.45, 2.75) is 58.0 Å². The van der Waals surface area contributed by atoms with Gasteiger partial charge in [0.2, 0.25) is 12.4 Å². The van der Waals surface area contributed by atoms with Gasteiger partial charge in [0.05, 0.1) is 6.61 Å². The molecule has 2 heterocycles. The third-order valence-corrected chi connectivity index (χ3v) is 6.20. The Morgan fingerprint density at radius 3 is 2.18 bits per heavy atom. The van der Waals surface area contributed by atoms with Crippen molar-refractivity contribution in [3.8, 4) is 0 Å². The summed E-state index contributed by atoms with van der Waals surface area (Å²) in [7, 11) is 0. The highest BCUT2D eigenvalue weighted by atomic mass is 79.9. The minimum atomic E-state index is -1.48. The van der Waals surface area contributed by atoms with Crippen LogP contribution < -0.4 is 0 Å². The summed E-state index contributed by atoms with van der Waals surface area (Å²) in [5.74, 6) is -1.48. The molecule has 14 heteroatoms. The molecule has 0 aromatic heterocycles. The summed E-state index contributed by atoms with van der Waals surface area (Å²) in [6.45, 7) is 1.67. The van der Waals surface area contributed by atoms with Gasteiger partial charge in [-0.25, -0.2) is 14.4 Å². The molecule has 34 heavy (non-hydrogen) atoms. The highest BCUT2D eigenvalue weighted by Crippen LogP contribution is 2.34. The molecule has 1 unspecified atom stereocenters. The molecule has 0 radical (unpaired) electrons. The first kappa shape index (κ1) is 27.8. The zero-order valence-corrected chi connectivity index (χ0v) is 23.9. The quantitative estimate of drug-likeness (QED) is 0.232. The van der Waals surface area contributed by atoms with Crippen molar-refractivity contribution in [2.75, 3.05) is 6.61 Å². The van der Waals surface area contributed by atoms with E-state index in [1.807, 2.05) is 6.07 Å². The summed E-state index contributed by atoms with van der Waals surface area (Å²) in [6.07, 6.45) is -7.41. The number of hydrogen-bond acceptors (Lipinski definition) is 10. The minimum Gasteiger partial charge on any atom is -0.454 e. The van der Waals surface area contributed by atoms with Gasteiger partial charge in [-0.2, -0.15) is 0 Å². The number of benzene rings is 1. The van der Waals surface area contributed by atoms with Crippen molar-refractivity contribution in [3.05, 3.63) is 35.9 Å². The van der Waals surface area contributed by atoms with Crippen LogP contribution in [-0.2, 0) is 49.4 Å². The SMILES string of the molecule is CC1OC[C@H]2O[C@@H](OC(=O)OCc3ccccc3)[C@H](OC(=O)C(Br)Br)[C@@H](OC(=O)C(Br)Br)[C@@H]2O1. The molecule has 2 saturated heterocycles. The molecule has 1 aromatic rings. The first-order valence-electron chi connectivity index (χ1n) is 9.93. The molecule has 0 aliphatic carbocycles. The number of esters is 2. The first-order chi connectivity index (χ1) is 16.2. The molecule has 0 N–H and O–H groups in total. The van der Waals surface area contributed by atoms with Crippen LogP contribution >= 0.6 is 63.7 Å². The molecule has 2 fully saturated rings. The van der Waals surface area contributed by atoms with E-state index in [9.17, 15) is 14.4 Å². The van der Waals surface area contributed by atoms with Gasteiger partial charge in [0.15, 0.2) is 19.9 Å². The van der Waals surface area contributed by atoms with Gasteiger partial charge >= 0.3 is 18.1 Å². The number of ether oxygens (including phenoxy) is 7. The Labute approximate surface area is 228 Å². The van der Waals surface area contributed by atoms with E-state index >= 15 is 0 Å². The molecule has 2 aliphatic heterocycles. The van der Waals surface area contributed by atoms with Crippen LogP contribution in [0.15, 0.2) is 30.3 Å². The highest BCUT2D eigenvalue weighted by molar-refractivity contribution is 9.25. The molecule has 3 rings (SSSR count). The van der Waals surface area contributed by atoms with E-state index < -0.39 is 62.6 Å². The lowest BCUT2D eigenvalue weighted by atomic mass is 9.97. The van der Waals surface area contributed by atoms with Gasteiger partial charge in [0.1, 0.15) is 18.8 Å². The minimum absolute atomic E-state index is 0.0508. The fraction of sp³-hybridized carbons (Fsp3) is 0.550. The molecule has 0 spiro atoms. The van der Waals surface area contributed by atoms with E-state index in [4.69, 9.17) is 33.2 Å². The molecule has 188 valence electrons. The van der Waals surface area contributed by atoms with Crippen molar-refractivity contribution < 1.29 is 47.5 Å². The largest absolute Gasteiger partial charge is 0.511 e. The van der Waals surface area contributed by atoms with Crippen molar-refractivity contribution in [3.63, 3.8) is 0 Å². The summed E-state index contributed by atoms with van der Waals surface area (Å²) in [6, 6.07) is 8.97. The van der Waals surface area contributed by atoms with Crippen LogP contribution in [0.4, 0.5) is 4.79 Å². The van der Waals surface area contributed by atoms with Gasteiger partial charge in [0, 0.05) is 0 Å². The number of carbonyl (C=O) groups is 3. The summed E-state index contributed by atoms with van der Waals surface area (Å²) < 4.78 is 36.9. The molecule has 0 amide bonds. The zero-order chi connectivity index (χ0) is 24.8. The fourth-order valence-corrected chi connectivity index (χ4v) is 3.67. The summed E-state index contributed by atoms with van der Waals surface area (Å²) in [4.78, 5) is 37.2. The Bertz CT molecular complexity index is 855. The van der Waals surface area contributed by atoms with Crippen molar-refractivity contribution in [1.29, 1.82) is 0 Å². The maximum atomic E-state index is 12.4. The highest BCUT2D eigenvalue weighted by Gasteiger charge is 2.55. The topological polar surface area (TPSA) is 116 Å². The van der Waals surface area contributed by atoms with Gasteiger partial charge in [-0.3, -0.25) is 0 Å². The molecule has 2 aliphatic rings. The standard InChI is InChI=1S/C20H20Br4O10/c1-9-28-8-11-12(30-9)13(32-17(25)15(21)22)14(33-18(26)16(23)24)19(31-11)34-20(27)29-7-10-5-3-2-4-6-10/h2-6,9,11-16,19H,7-8H2,1H3/t9?,11-,12-,13+,14-,19+/m1/s1. The lowest BCUT2D eigenvalue weighted by Gasteiger charge is -2.47. The third kappa shape index (κ3) is 7.61. The summed E-state index contributed by atoms with van der Waals surface area (Å²) in [5.41, 5.74) is 0.740. The maximum absolute atomic E-state index is 12.4. The second-order valence-corrected chi connectivity index (χ2v) is 13.2. The second kappa shape index (κ2) is 13.0. The molecule has 10 nitrogen and oxygen atoms in total. The molecule has 1 aromatic carbocycles. The average molecular weight is 740 g/mol.